The van der Waals surface area contributed by atoms with Gasteiger partial charge >= 0.3 is 0 Å². The molecule has 134 valence electrons. The van der Waals surface area contributed by atoms with Crippen LogP contribution >= 0.6 is 0 Å². The van der Waals surface area contributed by atoms with Crippen LogP contribution in [0.3, 0.4) is 0 Å². The number of fused-ring (bicyclic) bond motifs is 1. The number of aliphatic hydroxyl groups is 1. The number of hydrogen-bond acceptors (Lipinski definition) is 5. The molecule has 1 aliphatic carbocycles. The van der Waals surface area contributed by atoms with Crippen molar-refractivity contribution < 1.29 is 14.6 Å². The molecular weight excluding hydrogens is 304 g/mol. The highest BCUT2D eigenvalue weighted by Crippen LogP contribution is 2.32. The number of aryl methyl sites for hydroxylation is 1. The van der Waals surface area contributed by atoms with E-state index in [0.29, 0.717) is 13.2 Å². The molecule has 2 atom stereocenters. The van der Waals surface area contributed by atoms with E-state index < -0.39 is 6.10 Å². The number of aliphatic hydroxyl groups excluding tert-OH is 1. The number of benzene rings is 1. The van der Waals surface area contributed by atoms with Gasteiger partial charge in [0.2, 0.25) is 0 Å². The summed E-state index contributed by atoms with van der Waals surface area (Å²) in [5.74, 6) is 0. The maximum Gasteiger partial charge on any atom is 0.0897 e. The monoisotopic (exact) mass is 334 g/mol. The van der Waals surface area contributed by atoms with Gasteiger partial charge < -0.3 is 19.9 Å². The Morgan fingerprint density at radius 3 is 3.00 bits per heavy atom. The number of nitrogens with zero attached hydrogens (tertiary/aromatic N) is 1. The first-order valence-corrected chi connectivity index (χ1v) is 9.21. The molecule has 0 unspecified atom stereocenters. The maximum atomic E-state index is 10.1. The van der Waals surface area contributed by atoms with Crippen LogP contribution in [-0.2, 0) is 15.9 Å². The summed E-state index contributed by atoms with van der Waals surface area (Å²) in [5.41, 5.74) is 2.70. The summed E-state index contributed by atoms with van der Waals surface area (Å²) in [4.78, 5) is 2.39. The Bertz CT molecular complexity index is 491. The number of morpholine rings is 1. The Morgan fingerprint density at radius 1 is 1.29 bits per heavy atom. The molecule has 1 saturated heterocycles. The highest BCUT2D eigenvalue weighted by molar-refractivity contribution is 5.31. The fourth-order valence-corrected chi connectivity index (χ4v) is 3.50. The van der Waals surface area contributed by atoms with Gasteiger partial charge in [0.15, 0.2) is 0 Å². The van der Waals surface area contributed by atoms with Crippen LogP contribution in [0.5, 0.6) is 0 Å². The van der Waals surface area contributed by atoms with Crippen LogP contribution in [0.25, 0.3) is 0 Å². The highest BCUT2D eigenvalue weighted by atomic mass is 16.5. The van der Waals surface area contributed by atoms with Crippen molar-refractivity contribution in [2.75, 3.05) is 52.5 Å². The molecule has 0 spiro atoms. The van der Waals surface area contributed by atoms with Gasteiger partial charge in [0, 0.05) is 32.7 Å². The number of ether oxygens (including phenoxy) is 2. The minimum absolute atomic E-state index is 0.137. The first-order chi connectivity index (χ1) is 11.8. The first kappa shape index (κ1) is 17.8. The van der Waals surface area contributed by atoms with Crippen LogP contribution < -0.4 is 5.32 Å². The SMILES string of the molecule is O[C@H](CNCCN1CCOCC1)CO[C@@H]1CCCc2ccccc21. The quantitative estimate of drug-likeness (QED) is 0.703. The zero-order valence-corrected chi connectivity index (χ0v) is 14.5. The van der Waals surface area contributed by atoms with E-state index in [-0.39, 0.29) is 6.10 Å². The van der Waals surface area contributed by atoms with E-state index in [1.54, 1.807) is 0 Å². The van der Waals surface area contributed by atoms with Crippen molar-refractivity contribution in [1.82, 2.24) is 10.2 Å². The molecule has 1 heterocycles. The second-order valence-corrected chi connectivity index (χ2v) is 6.72. The third-order valence-corrected chi connectivity index (χ3v) is 4.89. The van der Waals surface area contributed by atoms with Crippen LogP contribution in [0.4, 0.5) is 0 Å². The smallest absolute Gasteiger partial charge is 0.0897 e. The molecule has 0 amide bonds. The summed E-state index contributed by atoms with van der Waals surface area (Å²) in [5, 5.41) is 13.5. The fraction of sp³-hybridized carbons (Fsp3) is 0.684. The fourth-order valence-electron chi connectivity index (χ4n) is 3.50. The number of rotatable bonds is 8. The summed E-state index contributed by atoms with van der Waals surface area (Å²) in [6, 6.07) is 8.51. The summed E-state index contributed by atoms with van der Waals surface area (Å²) in [6.07, 6.45) is 3.03. The molecular formula is C19H30N2O3. The minimum atomic E-state index is -0.455. The Hall–Kier alpha value is -0.980. The molecule has 5 nitrogen and oxygen atoms in total. The molecule has 0 radical (unpaired) electrons. The zero-order valence-electron chi connectivity index (χ0n) is 14.5. The summed E-state index contributed by atoms with van der Waals surface area (Å²) < 4.78 is 11.3. The number of hydrogen-bond donors (Lipinski definition) is 2. The molecule has 0 saturated carbocycles. The van der Waals surface area contributed by atoms with Gasteiger partial charge in [-0.15, -0.1) is 0 Å². The van der Waals surface area contributed by atoms with Crippen molar-refractivity contribution in [3.8, 4) is 0 Å². The Kier molecular flexibility index (Phi) is 7.05. The van der Waals surface area contributed by atoms with Crippen molar-refractivity contribution in [1.29, 1.82) is 0 Å². The molecule has 1 fully saturated rings. The van der Waals surface area contributed by atoms with Gasteiger partial charge in [-0.3, -0.25) is 4.90 Å². The predicted octanol–water partition coefficient (Wildman–Crippen LogP) is 1.36. The van der Waals surface area contributed by atoms with Gasteiger partial charge in [-0.25, -0.2) is 0 Å². The molecule has 5 heteroatoms. The van der Waals surface area contributed by atoms with Gasteiger partial charge in [-0.05, 0) is 30.4 Å². The summed E-state index contributed by atoms with van der Waals surface area (Å²) >= 11 is 0. The number of nitrogens with one attached hydrogen (secondary N) is 1. The molecule has 1 aromatic carbocycles. The van der Waals surface area contributed by atoms with Crippen LogP contribution in [0.1, 0.15) is 30.1 Å². The van der Waals surface area contributed by atoms with E-state index in [1.807, 2.05) is 0 Å². The van der Waals surface area contributed by atoms with Gasteiger partial charge in [-0.1, -0.05) is 24.3 Å². The zero-order chi connectivity index (χ0) is 16.6. The largest absolute Gasteiger partial charge is 0.389 e. The van der Waals surface area contributed by atoms with Gasteiger partial charge in [-0.2, -0.15) is 0 Å². The van der Waals surface area contributed by atoms with E-state index in [9.17, 15) is 5.11 Å². The van der Waals surface area contributed by atoms with E-state index in [0.717, 1.165) is 58.7 Å². The highest BCUT2D eigenvalue weighted by Gasteiger charge is 2.21. The minimum Gasteiger partial charge on any atom is -0.389 e. The molecule has 1 aromatic rings. The average molecular weight is 334 g/mol. The lowest BCUT2D eigenvalue weighted by molar-refractivity contribution is -0.0170. The topological polar surface area (TPSA) is 54.0 Å². The standard InChI is InChI=1S/C19H30N2O3/c22-17(14-20-8-9-21-10-12-23-13-11-21)15-24-19-7-3-5-16-4-1-2-6-18(16)19/h1-2,4,6,17,19-20,22H,3,5,7-15H2/t17-,19-/m1/s1. The van der Waals surface area contributed by atoms with Crippen molar-refractivity contribution >= 4 is 0 Å². The molecule has 3 rings (SSSR count). The first-order valence-electron chi connectivity index (χ1n) is 9.21. The van der Waals surface area contributed by atoms with Gasteiger partial charge in [0.25, 0.3) is 0 Å². The summed E-state index contributed by atoms with van der Waals surface area (Å²) in [6.45, 7) is 6.56. The maximum absolute atomic E-state index is 10.1. The molecule has 0 aromatic heterocycles. The lowest BCUT2D eigenvalue weighted by Gasteiger charge is -2.27. The van der Waals surface area contributed by atoms with Gasteiger partial charge in [0.05, 0.1) is 32.0 Å². The van der Waals surface area contributed by atoms with Crippen LogP contribution in [-0.4, -0.2) is 68.7 Å². The van der Waals surface area contributed by atoms with Crippen molar-refractivity contribution in [2.45, 2.75) is 31.5 Å². The molecule has 2 aliphatic rings. The lowest BCUT2D eigenvalue weighted by atomic mass is 9.89. The third-order valence-electron chi connectivity index (χ3n) is 4.89. The van der Waals surface area contributed by atoms with Crippen LogP contribution in [0, 0.1) is 0 Å². The molecule has 0 bridgehead atoms. The Labute approximate surface area is 144 Å². The van der Waals surface area contributed by atoms with Crippen molar-refractivity contribution in [3.05, 3.63) is 35.4 Å². The summed E-state index contributed by atoms with van der Waals surface area (Å²) in [7, 11) is 0. The molecule has 2 N–H and O–H groups in total. The average Bonchev–Trinajstić information content (AvgIpc) is 2.64. The third kappa shape index (κ3) is 5.26. The Balaban J connectivity index is 1.32. The molecule has 1 aliphatic heterocycles. The van der Waals surface area contributed by atoms with Crippen LogP contribution in [0.2, 0.25) is 0 Å². The molecule has 24 heavy (non-hydrogen) atoms. The van der Waals surface area contributed by atoms with Crippen molar-refractivity contribution in [3.63, 3.8) is 0 Å². The second-order valence-electron chi connectivity index (χ2n) is 6.72. The van der Waals surface area contributed by atoms with Crippen LogP contribution in [0.15, 0.2) is 24.3 Å². The van der Waals surface area contributed by atoms with E-state index in [2.05, 4.69) is 34.5 Å². The Morgan fingerprint density at radius 2 is 2.12 bits per heavy atom. The normalized spacial score (nSPS) is 23.0. The van der Waals surface area contributed by atoms with Crippen molar-refractivity contribution in [2.24, 2.45) is 0 Å². The van der Waals surface area contributed by atoms with E-state index in [1.165, 1.54) is 11.1 Å². The van der Waals surface area contributed by atoms with E-state index >= 15 is 0 Å². The van der Waals surface area contributed by atoms with Gasteiger partial charge in [0.1, 0.15) is 0 Å². The lowest BCUT2D eigenvalue weighted by Crippen LogP contribution is -2.41. The predicted molar refractivity (Wildman–Crippen MR) is 94.2 cm³/mol. The second kappa shape index (κ2) is 9.49. The van der Waals surface area contributed by atoms with E-state index in [4.69, 9.17) is 9.47 Å².